The van der Waals surface area contributed by atoms with Gasteiger partial charge in [0.2, 0.25) is 0 Å². The summed E-state index contributed by atoms with van der Waals surface area (Å²) in [6, 6.07) is 15.0. The number of carboxylic acid groups (broad SMARTS) is 1. The molecular weight excluding hydrogens is 444 g/mol. The molecule has 0 aliphatic heterocycles. The number of amidine groups is 1. The van der Waals surface area contributed by atoms with Gasteiger partial charge in [-0.1, -0.05) is 80.9 Å². The van der Waals surface area contributed by atoms with Crippen LogP contribution < -0.4 is 11.3 Å². The summed E-state index contributed by atoms with van der Waals surface area (Å²) in [5.41, 5.74) is 9.56. The Morgan fingerprint density at radius 3 is 2.43 bits per heavy atom. The minimum atomic E-state index is -1.05. The Labute approximate surface area is 204 Å². The van der Waals surface area contributed by atoms with Crippen LogP contribution in [0.2, 0.25) is 0 Å². The third-order valence-electron chi connectivity index (χ3n) is 5.92. The lowest BCUT2D eigenvalue weighted by Gasteiger charge is -2.18. The number of carbonyl (C=O) groups is 1. The molecule has 0 aliphatic rings. The van der Waals surface area contributed by atoms with Crippen molar-refractivity contribution in [3.05, 3.63) is 87.1 Å². The number of aliphatic carboxylic acids is 1. The molecule has 0 spiro atoms. The summed E-state index contributed by atoms with van der Waals surface area (Å²) in [5.74, 6) is -0.399. The van der Waals surface area contributed by atoms with Gasteiger partial charge in [0.25, 0.3) is 5.56 Å². The maximum absolute atomic E-state index is 13.5. The Morgan fingerprint density at radius 1 is 1.14 bits per heavy atom. The van der Waals surface area contributed by atoms with Crippen LogP contribution in [0.1, 0.15) is 67.7 Å². The van der Waals surface area contributed by atoms with Crippen LogP contribution in [0, 0.1) is 0 Å². The predicted molar refractivity (Wildman–Crippen MR) is 136 cm³/mol. The fraction of sp³-hybridized carbons (Fsp3) is 0.333. The van der Waals surface area contributed by atoms with Crippen LogP contribution in [-0.2, 0) is 24.2 Å². The van der Waals surface area contributed by atoms with Crippen LogP contribution in [0.4, 0.5) is 0 Å². The second-order valence-electron chi connectivity index (χ2n) is 8.84. The maximum Gasteiger partial charge on any atom is 0.308 e. The van der Waals surface area contributed by atoms with Crippen molar-refractivity contribution in [2.75, 3.05) is 0 Å². The van der Waals surface area contributed by atoms with E-state index in [0.29, 0.717) is 23.5 Å². The lowest BCUT2D eigenvalue weighted by Crippen LogP contribution is -2.32. The predicted octanol–water partition coefficient (Wildman–Crippen LogP) is 4.15. The average molecular weight is 477 g/mol. The molecule has 3 aromatic rings. The van der Waals surface area contributed by atoms with Crippen molar-refractivity contribution < 1.29 is 15.1 Å². The molecular formula is C27H32N4O4. The van der Waals surface area contributed by atoms with E-state index in [9.17, 15) is 14.7 Å². The first kappa shape index (κ1) is 25.7. The van der Waals surface area contributed by atoms with Crippen molar-refractivity contribution in [3.63, 3.8) is 0 Å². The maximum atomic E-state index is 13.5. The molecule has 0 radical (unpaired) electrons. The van der Waals surface area contributed by atoms with Crippen molar-refractivity contribution in [2.24, 2.45) is 10.9 Å². The molecule has 4 N–H and O–H groups in total. The monoisotopic (exact) mass is 476 g/mol. The van der Waals surface area contributed by atoms with Crippen LogP contribution in [0.5, 0.6) is 0 Å². The van der Waals surface area contributed by atoms with Gasteiger partial charge in [-0.25, -0.2) is 4.98 Å². The molecule has 0 bridgehead atoms. The molecule has 0 unspecified atom stereocenters. The molecule has 0 atom stereocenters. The van der Waals surface area contributed by atoms with Gasteiger partial charge in [0.05, 0.1) is 24.2 Å². The van der Waals surface area contributed by atoms with Crippen molar-refractivity contribution in [3.8, 4) is 11.1 Å². The second-order valence-corrected chi connectivity index (χ2v) is 8.84. The number of unbranched alkanes of at least 4 members (excludes halogenated alkanes) is 1. The molecule has 8 nitrogen and oxygen atoms in total. The highest BCUT2D eigenvalue weighted by atomic mass is 16.4. The van der Waals surface area contributed by atoms with Crippen LogP contribution in [0.3, 0.4) is 0 Å². The first-order valence-corrected chi connectivity index (χ1v) is 11.8. The van der Waals surface area contributed by atoms with E-state index in [4.69, 9.17) is 15.9 Å². The van der Waals surface area contributed by atoms with E-state index >= 15 is 0 Å². The number of benzene rings is 2. The van der Waals surface area contributed by atoms with Gasteiger partial charge in [0.15, 0.2) is 5.84 Å². The largest absolute Gasteiger partial charge is 0.481 e. The Hall–Kier alpha value is -3.94. The number of hydrogen-bond donors (Lipinski definition) is 3. The van der Waals surface area contributed by atoms with Gasteiger partial charge < -0.3 is 16.0 Å². The van der Waals surface area contributed by atoms with Gasteiger partial charge in [-0.15, -0.1) is 0 Å². The smallest absolute Gasteiger partial charge is 0.308 e. The van der Waals surface area contributed by atoms with Crippen LogP contribution in [0.15, 0.2) is 58.5 Å². The number of oxime groups is 1. The van der Waals surface area contributed by atoms with E-state index in [2.05, 4.69) is 12.1 Å². The molecule has 0 amide bonds. The molecule has 1 aromatic heterocycles. The van der Waals surface area contributed by atoms with Gasteiger partial charge in [-0.05, 0) is 29.0 Å². The van der Waals surface area contributed by atoms with E-state index in [1.54, 1.807) is 10.6 Å². The van der Waals surface area contributed by atoms with E-state index < -0.39 is 5.97 Å². The molecule has 8 heteroatoms. The fourth-order valence-electron chi connectivity index (χ4n) is 4.12. The molecule has 35 heavy (non-hydrogen) atoms. The highest BCUT2D eigenvalue weighted by Crippen LogP contribution is 2.24. The minimum absolute atomic E-state index is 0.0269. The Bertz CT molecular complexity index is 1280. The molecule has 0 saturated carbocycles. The summed E-state index contributed by atoms with van der Waals surface area (Å²) >= 11 is 0. The van der Waals surface area contributed by atoms with Crippen molar-refractivity contribution >= 4 is 11.8 Å². The molecule has 0 fully saturated rings. The topological polar surface area (TPSA) is 131 Å². The zero-order chi connectivity index (χ0) is 25.5. The van der Waals surface area contributed by atoms with Crippen LogP contribution in [0.25, 0.3) is 11.1 Å². The van der Waals surface area contributed by atoms with Crippen molar-refractivity contribution in [1.82, 2.24) is 9.55 Å². The Balaban J connectivity index is 2.03. The highest BCUT2D eigenvalue weighted by molar-refractivity contribution is 6.03. The summed E-state index contributed by atoms with van der Waals surface area (Å²) in [6.45, 7) is 6.21. The molecule has 1 heterocycles. The zero-order valence-corrected chi connectivity index (χ0v) is 20.4. The van der Waals surface area contributed by atoms with Crippen LogP contribution in [-0.4, -0.2) is 31.7 Å². The van der Waals surface area contributed by atoms with E-state index in [1.807, 2.05) is 56.3 Å². The lowest BCUT2D eigenvalue weighted by molar-refractivity contribution is -0.136. The minimum Gasteiger partial charge on any atom is -0.481 e. The number of rotatable bonds is 10. The quantitative estimate of drug-likeness (QED) is 0.174. The number of aromatic nitrogens is 2. The molecule has 0 aliphatic carbocycles. The SMILES string of the molecule is CCCCc1nc(C(C)C)c(CC(=O)O)c(=O)n1Cc1ccc(-c2ccccc2/C(N)=N\O)cc1. The summed E-state index contributed by atoms with van der Waals surface area (Å²) in [5, 5.41) is 21.6. The third kappa shape index (κ3) is 5.95. The third-order valence-corrected chi connectivity index (χ3v) is 5.92. The van der Waals surface area contributed by atoms with E-state index in [0.717, 1.165) is 29.5 Å². The molecule has 0 saturated heterocycles. The zero-order valence-electron chi connectivity index (χ0n) is 20.4. The van der Waals surface area contributed by atoms with Gasteiger partial charge in [-0.3, -0.25) is 14.2 Å². The van der Waals surface area contributed by atoms with Gasteiger partial charge in [0, 0.05) is 12.0 Å². The number of nitrogens with zero attached hydrogens (tertiary/aromatic N) is 3. The van der Waals surface area contributed by atoms with Gasteiger partial charge >= 0.3 is 5.97 Å². The standard InChI is InChI=1S/C27H32N4O4/c1-4-5-10-23-29-25(17(2)3)22(15-24(32)33)27(34)31(23)16-18-11-13-19(14-12-18)20-8-6-7-9-21(20)26(28)30-35/h6-9,11-14,17,35H,4-5,10,15-16H2,1-3H3,(H2,28,30)(H,32,33). The lowest BCUT2D eigenvalue weighted by atomic mass is 9.98. The average Bonchev–Trinajstić information content (AvgIpc) is 2.85. The Morgan fingerprint density at radius 2 is 1.83 bits per heavy atom. The van der Waals surface area contributed by atoms with Gasteiger partial charge in [-0.2, -0.15) is 0 Å². The highest BCUT2D eigenvalue weighted by Gasteiger charge is 2.21. The number of carboxylic acids is 1. The summed E-state index contributed by atoms with van der Waals surface area (Å²) < 4.78 is 1.61. The van der Waals surface area contributed by atoms with Crippen molar-refractivity contribution in [2.45, 2.75) is 58.9 Å². The fourth-order valence-corrected chi connectivity index (χ4v) is 4.12. The molecule has 2 aromatic carbocycles. The van der Waals surface area contributed by atoms with Crippen LogP contribution >= 0.6 is 0 Å². The first-order chi connectivity index (χ1) is 16.8. The van der Waals surface area contributed by atoms with Gasteiger partial charge in [0.1, 0.15) is 5.82 Å². The number of nitrogens with two attached hydrogens (primary N) is 1. The summed E-state index contributed by atoms with van der Waals surface area (Å²) in [7, 11) is 0. The number of hydrogen-bond acceptors (Lipinski definition) is 5. The molecule has 3 rings (SSSR count). The number of aryl methyl sites for hydroxylation is 1. The normalized spacial score (nSPS) is 11.7. The summed E-state index contributed by atoms with van der Waals surface area (Å²) in [4.78, 5) is 29.7. The second kappa shape index (κ2) is 11.5. The van der Waals surface area contributed by atoms with E-state index in [-0.39, 0.29) is 35.8 Å². The Kier molecular flexibility index (Phi) is 8.41. The van der Waals surface area contributed by atoms with Crippen molar-refractivity contribution in [1.29, 1.82) is 0 Å². The van der Waals surface area contributed by atoms with E-state index in [1.165, 1.54) is 0 Å². The first-order valence-electron chi connectivity index (χ1n) is 11.8. The molecule has 184 valence electrons. The summed E-state index contributed by atoms with van der Waals surface area (Å²) in [6.07, 6.45) is 2.13.